The van der Waals surface area contributed by atoms with Gasteiger partial charge in [-0.3, -0.25) is 0 Å². The molecule has 4 aliphatic carbocycles. The van der Waals surface area contributed by atoms with Gasteiger partial charge >= 0.3 is 0 Å². The fourth-order valence-corrected chi connectivity index (χ4v) is 8.04. The Balaban J connectivity index is 1.57. The minimum absolute atomic E-state index is 0.220. The molecule has 0 spiro atoms. The first kappa shape index (κ1) is 20.7. The van der Waals surface area contributed by atoms with Gasteiger partial charge < -0.3 is 9.47 Å². The van der Waals surface area contributed by atoms with Gasteiger partial charge in [0.25, 0.3) is 0 Å². The number of rotatable bonds is 6. The summed E-state index contributed by atoms with van der Waals surface area (Å²) in [5.74, 6) is 3.17. The SMILES string of the molecule is C=C(C(OCC)OCC)[C@H]1CC[C@H]2[C@@H]3CC=C4CCCC[C@]4(C)[C@H]3CC[C@]12C. The van der Waals surface area contributed by atoms with Crippen molar-refractivity contribution in [1.82, 2.24) is 0 Å². The summed E-state index contributed by atoms with van der Waals surface area (Å²) in [6.07, 6.45) is 14.8. The van der Waals surface area contributed by atoms with E-state index in [-0.39, 0.29) is 6.29 Å². The van der Waals surface area contributed by atoms with Crippen molar-refractivity contribution in [2.24, 2.45) is 34.5 Å². The Kier molecular flexibility index (Phi) is 5.84. The molecule has 0 radical (unpaired) electrons. The maximum atomic E-state index is 5.94. The van der Waals surface area contributed by atoms with Crippen molar-refractivity contribution < 1.29 is 9.47 Å². The van der Waals surface area contributed by atoms with E-state index < -0.39 is 0 Å². The Labute approximate surface area is 173 Å². The van der Waals surface area contributed by atoms with E-state index in [2.05, 4.69) is 40.3 Å². The molecule has 4 rings (SSSR count). The van der Waals surface area contributed by atoms with E-state index >= 15 is 0 Å². The predicted octanol–water partition coefficient (Wildman–Crippen LogP) is 6.91. The first-order valence-corrected chi connectivity index (χ1v) is 12.1. The zero-order chi connectivity index (χ0) is 19.9. The number of hydrogen-bond acceptors (Lipinski definition) is 2. The lowest BCUT2D eigenvalue weighted by atomic mass is 9.47. The van der Waals surface area contributed by atoms with E-state index in [4.69, 9.17) is 9.47 Å². The summed E-state index contributed by atoms with van der Waals surface area (Å²) >= 11 is 0. The van der Waals surface area contributed by atoms with Gasteiger partial charge in [-0.05, 0) is 105 Å². The lowest BCUT2D eigenvalue weighted by molar-refractivity contribution is -0.122. The second-order valence-electron chi connectivity index (χ2n) is 10.5. The van der Waals surface area contributed by atoms with E-state index in [9.17, 15) is 0 Å². The molecule has 158 valence electrons. The molecule has 0 aromatic carbocycles. The van der Waals surface area contributed by atoms with E-state index in [1.807, 2.05) is 5.57 Å². The Hall–Kier alpha value is -0.600. The summed E-state index contributed by atoms with van der Waals surface area (Å²) in [5.41, 5.74) is 3.90. The topological polar surface area (TPSA) is 18.5 Å². The molecule has 3 fully saturated rings. The monoisotopic (exact) mass is 386 g/mol. The maximum Gasteiger partial charge on any atom is 0.179 e. The van der Waals surface area contributed by atoms with Gasteiger partial charge in [0, 0.05) is 13.2 Å². The van der Waals surface area contributed by atoms with Crippen molar-refractivity contribution in [3.8, 4) is 0 Å². The second kappa shape index (κ2) is 7.91. The van der Waals surface area contributed by atoms with Crippen LogP contribution in [0.2, 0.25) is 0 Å². The van der Waals surface area contributed by atoms with Gasteiger partial charge in [0.15, 0.2) is 6.29 Å². The Bertz CT molecular complexity index is 616. The van der Waals surface area contributed by atoms with Gasteiger partial charge in [0.2, 0.25) is 0 Å². The summed E-state index contributed by atoms with van der Waals surface area (Å²) < 4.78 is 11.9. The molecule has 3 saturated carbocycles. The largest absolute Gasteiger partial charge is 0.349 e. The van der Waals surface area contributed by atoms with E-state index in [0.29, 0.717) is 30.0 Å². The van der Waals surface area contributed by atoms with Crippen LogP contribution in [0.1, 0.15) is 85.5 Å². The molecule has 0 amide bonds. The van der Waals surface area contributed by atoms with Crippen LogP contribution in [-0.2, 0) is 9.47 Å². The van der Waals surface area contributed by atoms with Crippen molar-refractivity contribution >= 4 is 0 Å². The van der Waals surface area contributed by atoms with Crippen LogP contribution in [0.3, 0.4) is 0 Å². The Morgan fingerprint density at radius 3 is 2.54 bits per heavy atom. The highest BCUT2D eigenvalue weighted by Gasteiger charge is 2.58. The van der Waals surface area contributed by atoms with Gasteiger partial charge in [-0.2, -0.15) is 0 Å². The van der Waals surface area contributed by atoms with Crippen molar-refractivity contribution in [3.05, 3.63) is 23.8 Å². The highest BCUT2D eigenvalue weighted by molar-refractivity contribution is 5.25. The zero-order valence-corrected chi connectivity index (χ0v) is 18.8. The standard InChI is InChI=1S/C26H42O2/c1-6-27-24(28-7-2)18(3)21-13-14-22-20-12-11-19-10-8-9-16-25(19,4)23(20)15-17-26(21,22)5/h11,20-24H,3,6-10,12-17H2,1-2,4-5H3/t20-,21+,22-,23-,25-,26+/m0/s1. The lowest BCUT2D eigenvalue weighted by Gasteiger charge is -2.58. The molecule has 0 aliphatic heterocycles. The summed E-state index contributed by atoms with van der Waals surface area (Å²) in [6.45, 7) is 15.2. The fraction of sp³-hybridized carbons (Fsp3) is 0.846. The second-order valence-corrected chi connectivity index (χ2v) is 10.5. The van der Waals surface area contributed by atoms with Crippen LogP contribution in [0.5, 0.6) is 0 Å². The van der Waals surface area contributed by atoms with Crippen LogP contribution in [0.4, 0.5) is 0 Å². The molecule has 0 heterocycles. The van der Waals surface area contributed by atoms with E-state index in [1.165, 1.54) is 63.4 Å². The van der Waals surface area contributed by atoms with Gasteiger partial charge in [-0.25, -0.2) is 0 Å². The average Bonchev–Trinajstić information content (AvgIpc) is 3.04. The molecule has 0 N–H and O–H groups in total. The molecule has 28 heavy (non-hydrogen) atoms. The zero-order valence-electron chi connectivity index (χ0n) is 18.8. The van der Waals surface area contributed by atoms with Crippen molar-refractivity contribution in [1.29, 1.82) is 0 Å². The molecule has 0 bridgehead atoms. The minimum Gasteiger partial charge on any atom is -0.349 e. The van der Waals surface area contributed by atoms with Crippen LogP contribution < -0.4 is 0 Å². The lowest BCUT2D eigenvalue weighted by Crippen LogP contribution is -2.50. The van der Waals surface area contributed by atoms with E-state index in [1.54, 1.807) is 0 Å². The van der Waals surface area contributed by atoms with Crippen LogP contribution in [-0.4, -0.2) is 19.5 Å². The molecule has 2 heteroatoms. The third kappa shape index (κ3) is 3.14. The molecule has 0 aromatic heterocycles. The fourth-order valence-electron chi connectivity index (χ4n) is 8.04. The van der Waals surface area contributed by atoms with Crippen LogP contribution >= 0.6 is 0 Å². The Morgan fingerprint density at radius 2 is 1.82 bits per heavy atom. The number of hydrogen-bond donors (Lipinski definition) is 0. The first-order chi connectivity index (χ1) is 13.5. The molecule has 0 unspecified atom stereocenters. The third-order valence-corrected chi connectivity index (χ3v) is 9.40. The van der Waals surface area contributed by atoms with Gasteiger partial charge in [0.1, 0.15) is 0 Å². The number of allylic oxidation sites excluding steroid dienone is 2. The summed E-state index contributed by atoms with van der Waals surface area (Å²) in [6, 6.07) is 0. The molecule has 6 atom stereocenters. The van der Waals surface area contributed by atoms with Crippen molar-refractivity contribution in [2.45, 2.75) is 91.8 Å². The Morgan fingerprint density at radius 1 is 1.07 bits per heavy atom. The number of ether oxygens (including phenoxy) is 2. The van der Waals surface area contributed by atoms with E-state index in [0.717, 1.165) is 17.8 Å². The highest BCUT2D eigenvalue weighted by Crippen LogP contribution is 2.67. The maximum absolute atomic E-state index is 5.94. The minimum atomic E-state index is -0.220. The summed E-state index contributed by atoms with van der Waals surface area (Å²) in [4.78, 5) is 0. The van der Waals surface area contributed by atoms with Crippen molar-refractivity contribution in [3.63, 3.8) is 0 Å². The first-order valence-electron chi connectivity index (χ1n) is 12.1. The third-order valence-electron chi connectivity index (χ3n) is 9.40. The van der Waals surface area contributed by atoms with Crippen LogP contribution in [0.15, 0.2) is 23.8 Å². The molecule has 0 aromatic rings. The quantitative estimate of drug-likeness (QED) is 0.365. The van der Waals surface area contributed by atoms with Gasteiger partial charge in [-0.1, -0.05) is 38.5 Å². The molecule has 2 nitrogen and oxygen atoms in total. The van der Waals surface area contributed by atoms with Gasteiger partial charge in [-0.15, -0.1) is 0 Å². The molecule has 0 saturated heterocycles. The highest BCUT2D eigenvalue weighted by atomic mass is 16.7. The van der Waals surface area contributed by atoms with Crippen LogP contribution in [0.25, 0.3) is 0 Å². The van der Waals surface area contributed by atoms with Gasteiger partial charge in [0.05, 0.1) is 0 Å². The van der Waals surface area contributed by atoms with Crippen molar-refractivity contribution in [2.75, 3.05) is 13.2 Å². The molecular formula is C26H42O2. The summed E-state index contributed by atoms with van der Waals surface area (Å²) in [7, 11) is 0. The average molecular weight is 387 g/mol. The molecular weight excluding hydrogens is 344 g/mol. The normalized spacial score (nSPS) is 42.5. The predicted molar refractivity (Wildman–Crippen MR) is 116 cm³/mol. The smallest absolute Gasteiger partial charge is 0.179 e. The number of fused-ring (bicyclic) bond motifs is 5. The summed E-state index contributed by atoms with van der Waals surface area (Å²) in [5, 5.41) is 0. The molecule has 4 aliphatic rings. The van der Waals surface area contributed by atoms with Crippen LogP contribution in [0, 0.1) is 34.5 Å².